The second-order valence-corrected chi connectivity index (χ2v) is 12.6. The molecule has 4 aromatic rings. The number of carbonyl (C=O) groups is 4. The summed E-state index contributed by atoms with van der Waals surface area (Å²) in [6.45, 7) is 0. The van der Waals surface area contributed by atoms with Gasteiger partial charge in [0.05, 0.1) is 32.3 Å². The van der Waals surface area contributed by atoms with Gasteiger partial charge in [-0.1, -0.05) is 48.5 Å². The molecule has 0 saturated carbocycles. The Kier molecular flexibility index (Phi) is 9.27. The second-order valence-electron chi connectivity index (χ2n) is 9.89. The molecule has 0 aliphatic heterocycles. The Morgan fingerprint density at radius 3 is 1.04 bits per heavy atom. The van der Waals surface area contributed by atoms with Crippen LogP contribution in [0.5, 0.6) is 0 Å². The Labute approximate surface area is 300 Å². The van der Waals surface area contributed by atoms with Gasteiger partial charge in [0.2, 0.25) is 0 Å². The molecule has 0 spiro atoms. The predicted octanol–water partition coefficient (Wildman–Crippen LogP) is -4.19. The van der Waals surface area contributed by atoms with Gasteiger partial charge < -0.3 is 20.6 Å². The van der Waals surface area contributed by atoms with E-state index in [1.165, 1.54) is 48.5 Å². The molecule has 12 nitrogen and oxygen atoms in total. The van der Waals surface area contributed by atoms with E-state index in [2.05, 4.69) is 0 Å². The number of ketones is 4. The number of nitrogen functional groups attached to an aromatic ring is 2. The molecule has 0 bridgehead atoms. The van der Waals surface area contributed by atoms with Crippen LogP contribution in [0.4, 0.5) is 11.4 Å². The average Bonchev–Trinajstić information content (AvgIpc) is 2.94. The molecular weight excluding hydrogens is 646 g/mol. The predicted molar refractivity (Wildman–Crippen MR) is 147 cm³/mol. The molecule has 45 heavy (non-hydrogen) atoms. The smallest absolute Gasteiger partial charge is 0.744 e. The third kappa shape index (κ3) is 5.44. The summed E-state index contributed by atoms with van der Waals surface area (Å²) in [6, 6.07) is 12.7. The molecule has 0 atom stereocenters. The van der Waals surface area contributed by atoms with E-state index in [0.29, 0.717) is 0 Å². The number of hydrogen-bond acceptors (Lipinski definition) is 12. The summed E-state index contributed by atoms with van der Waals surface area (Å²) in [4.78, 5) is 52.3. The van der Waals surface area contributed by atoms with Gasteiger partial charge in [-0.05, 0) is 29.7 Å². The first kappa shape index (κ1) is 34.8. The number of benzene rings is 4. The van der Waals surface area contributed by atoms with Crippen LogP contribution in [0.25, 0.3) is 0 Å². The molecule has 16 heteroatoms. The van der Waals surface area contributed by atoms with Crippen molar-refractivity contribution < 1.29 is 104 Å². The summed E-state index contributed by atoms with van der Waals surface area (Å²) in [7, 11) is -10.7. The SMILES string of the molecule is Nc1c(S(=O)(=O)[O-])cc(Cc2cc(S(=O)(=O)[O-])c(N)c3c2C(=O)c2ccccc2C3=O)c2c1C(=O)c1ccccc1C2=O.[Na+].[Na+]. The fourth-order valence-corrected chi connectivity index (χ4v) is 6.95. The zero-order chi connectivity index (χ0) is 31.2. The average molecular weight is 663 g/mol. The quantitative estimate of drug-likeness (QED) is 0.104. The van der Waals surface area contributed by atoms with Gasteiger partial charge in [-0.2, -0.15) is 0 Å². The third-order valence-corrected chi connectivity index (χ3v) is 9.24. The van der Waals surface area contributed by atoms with Gasteiger partial charge in [0.1, 0.15) is 20.2 Å². The maximum Gasteiger partial charge on any atom is 1.00 e. The summed E-state index contributed by atoms with van der Waals surface area (Å²) in [5.74, 6) is -3.24. The van der Waals surface area contributed by atoms with Crippen LogP contribution in [-0.2, 0) is 26.7 Å². The molecule has 2 aliphatic rings. The maximum atomic E-state index is 13.7. The molecule has 0 heterocycles. The van der Waals surface area contributed by atoms with Crippen molar-refractivity contribution >= 4 is 54.7 Å². The molecule has 2 aliphatic carbocycles. The summed E-state index contributed by atoms with van der Waals surface area (Å²) >= 11 is 0. The molecule has 0 radical (unpaired) electrons. The fraction of sp³-hybridized carbons (Fsp3) is 0.0345. The third-order valence-electron chi connectivity index (χ3n) is 7.48. The van der Waals surface area contributed by atoms with Crippen molar-refractivity contribution in [1.82, 2.24) is 0 Å². The van der Waals surface area contributed by atoms with E-state index < -0.39 is 82.1 Å². The van der Waals surface area contributed by atoms with Gasteiger partial charge >= 0.3 is 59.1 Å². The van der Waals surface area contributed by atoms with Gasteiger partial charge in [-0.15, -0.1) is 0 Å². The molecule has 0 unspecified atom stereocenters. The number of anilines is 2. The van der Waals surface area contributed by atoms with Crippen molar-refractivity contribution in [3.05, 3.63) is 116 Å². The van der Waals surface area contributed by atoms with Crippen molar-refractivity contribution in [2.24, 2.45) is 0 Å². The van der Waals surface area contributed by atoms with E-state index in [1.54, 1.807) is 0 Å². The number of fused-ring (bicyclic) bond motifs is 4. The van der Waals surface area contributed by atoms with Crippen LogP contribution in [0.3, 0.4) is 0 Å². The van der Waals surface area contributed by atoms with Gasteiger partial charge in [0.25, 0.3) is 0 Å². The molecule has 216 valence electrons. The molecule has 0 fully saturated rings. The zero-order valence-corrected chi connectivity index (χ0v) is 29.2. The monoisotopic (exact) mass is 662 g/mol. The van der Waals surface area contributed by atoms with E-state index in [-0.39, 0.29) is 104 Å². The first-order valence-electron chi connectivity index (χ1n) is 12.3. The molecule has 6 rings (SSSR count). The summed E-state index contributed by atoms with van der Waals surface area (Å²) in [6.07, 6.45) is -0.682. The largest absolute Gasteiger partial charge is 1.00 e. The molecular formula is C29H16N2Na2O10S2. The van der Waals surface area contributed by atoms with Crippen LogP contribution in [0.2, 0.25) is 0 Å². The van der Waals surface area contributed by atoms with Crippen LogP contribution in [0.1, 0.15) is 74.8 Å². The summed E-state index contributed by atoms with van der Waals surface area (Å²) in [5.41, 5.74) is 7.63. The van der Waals surface area contributed by atoms with Crippen molar-refractivity contribution in [3.8, 4) is 0 Å². The van der Waals surface area contributed by atoms with Crippen molar-refractivity contribution in [2.45, 2.75) is 16.2 Å². The minimum atomic E-state index is -5.34. The molecule has 0 saturated heterocycles. The topological polar surface area (TPSA) is 235 Å². The number of rotatable bonds is 4. The molecule has 4 N–H and O–H groups in total. The van der Waals surface area contributed by atoms with Crippen LogP contribution in [-0.4, -0.2) is 49.1 Å². The first-order chi connectivity index (χ1) is 20.1. The minimum Gasteiger partial charge on any atom is -0.744 e. The van der Waals surface area contributed by atoms with E-state index in [0.717, 1.165) is 12.1 Å². The first-order valence-corrected chi connectivity index (χ1v) is 15.1. The normalized spacial score (nSPS) is 13.6. The van der Waals surface area contributed by atoms with Gasteiger partial charge in [0.15, 0.2) is 23.1 Å². The van der Waals surface area contributed by atoms with Gasteiger partial charge in [0, 0.05) is 33.4 Å². The van der Waals surface area contributed by atoms with Crippen molar-refractivity contribution in [1.29, 1.82) is 0 Å². The summed E-state index contributed by atoms with van der Waals surface area (Å²) in [5, 5.41) is 0. The second kappa shape index (κ2) is 12.0. The zero-order valence-electron chi connectivity index (χ0n) is 23.5. The molecule has 0 amide bonds. The van der Waals surface area contributed by atoms with Gasteiger partial charge in [-0.3, -0.25) is 19.2 Å². The van der Waals surface area contributed by atoms with E-state index in [1.807, 2.05) is 0 Å². The Morgan fingerprint density at radius 1 is 0.511 bits per heavy atom. The van der Waals surface area contributed by atoms with Crippen LogP contribution < -0.4 is 70.6 Å². The van der Waals surface area contributed by atoms with Crippen LogP contribution in [0, 0.1) is 0 Å². The standard InChI is InChI=1S/C29H18N2O10S2.2Na/c30-24-18(42(36,37)38)10-12(20-22(24)28(34)16-7-3-1-5-14(16)26(20)32)9-13-11-19(43(39,40)41)25(31)23-21(13)27(33)15-6-2-4-8-17(15)29(23)35;;/h1-8,10-11H,9,30-31H2,(H,36,37,38)(H,39,40,41);;/q;2*+1/p-2. The Balaban J connectivity index is 0.00000230. The van der Waals surface area contributed by atoms with E-state index >= 15 is 0 Å². The summed E-state index contributed by atoms with van der Waals surface area (Å²) < 4.78 is 73.2. The van der Waals surface area contributed by atoms with Crippen LogP contribution >= 0.6 is 0 Å². The molecule has 4 aromatic carbocycles. The van der Waals surface area contributed by atoms with Crippen molar-refractivity contribution in [3.63, 3.8) is 0 Å². The Hall–Kier alpha value is -3.02. The number of carbonyl (C=O) groups excluding carboxylic acids is 4. The Morgan fingerprint density at radius 2 is 0.778 bits per heavy atom. The minimum absolute atomic E-state index is 0. The van der Waals surface area contributed by atoms with Gasteiger partial charge in [-0.25, -0.2) is 16.8 Å². The van der Waals surface area contributed by atoms with E-state index in [4.69, 9.17) is 11.5 Å². The fourth-order valence-electron chi connectivity index (χ4n) is 5.64. The number of hydrogen-bond donors (Lipinski definition) is 2. The molecule has 0 aromatic heterocycles. The van der Waals surface area contributed by atoms with Crippen LogP contribution in [0.15, 0.2) is 70.5 Å². The van der Waals surface area contributed by atoms with E-state index in [9.17, 15) is 45.1 Å². The van der Waals surface area contributed by atoms with Crippen molar-refractivity contribution in [2.75, 3.05) is 11.5 Å². The number of nitrogens with two attached hydrogens (primary N) is 2. The Bertz CT molecular complexity index is 2110. The maximum absolute atomic E-state index is 13.7.